The number of carbonyl (C=O) groups is 1. The van der Waals surface area contributed by atoms with Gasteiger partial charge in [0.2, 0.25) is 0 Å². The average Bonchev–Trinajstić information content (AvgIpc) is 3.08. The van der Waals surface area contributed by atoms with Crippen LogP contribution in [0.25, 0.3) is 11.1 Å². The Morgan fingerprint density at radius 3 is 2.91 bits per heavy atom. The summed E-state index contributed by atoms with van der Waals surface area (Å²) in [5.41, 5.74) is 3.09. The molecule has 0 atom stereocenters. The topological polar surface area (TPSA) is 86.5 Å². The number of amides is 1. The summed E-state index contributed by atoms with van der Waals surface area (Å²) >= 11 is 0. The molecule has 1 aliphatic heterocycles. The first kappa shape index (κ1) is 12.7. The lowest BCUT2D eigenvalue weighted by atomic mass is 10.1. The summed E-state index contributed by atoms with van der Waals surface area (Å²) in [5, 5.41) is 9.85. The lowest BCUT2D eigenvalue weighted by Gasteiger charge is -2.15. The number of nitrogens with zero attached hydrogens (tertiary/aromatic N) is 1. The molecule has 110 valence electrons. The standard InChI is InChI=1S/C16H12N2O4/c19-13-3-1-2-10-7-18(8-11(10)13)15(20)9-4-5-12-14(6-9)22-16(21)17-12/h1-6,19H,7-8H2,(H,17,21). The SMILES string of the molecule is O=C(c1ccc2[nH]c(=O)oc2c1)N1Cc2cccc(O)c2C1. The molecule has 0 aliphatic carbocycles. The van der Waals surface area contributed by atoms with Crippen molar-refractivity contribution < 1.29 is 14.3 Å². The number of phenols is 1. The number of hydrogen-bond acceptors (Lipinski definition) is 4. The third kappa shape index (κ3) is 1.88. The molecule has 1 aromatic heterocycles. The molecule has 0 radical (unpaired) electrons. The summed E-state index contributed by atoms with van der Waals surface area (Å²) in [6.45, 7) is 0.827. The number of nitrogens with one attached hydrogen (secondary N) is 1. The zero-order valence-corrected chi connectivity index (χ0v) is 11.5. The Hall–Kier alpha value is -3.02. The molecule has 2 heterocycles. The Morgan fingerprint density at radius 2 is 2.09 bits per heavy atom. The van der Waals surface area contributed by atoms with Crippen LogP contribution in [0, 0.1) is 0 Å². The molecule has 0 saturated heterocycles. The molecule has 0 fully saturated rings. The second-order valence-electron chi connectivity index (χ2n) is 5.30. The van der Waals surface area contributed by atoms with Gasteiger partial charge in [0, 0.05) is 17.7 Å². The summed E-state index contributed by atoms with van der Waals surface area (Å²) in [4.78, 5) is 27.9. The number of phenolic OH excluding ortho intramolecular Hbond substituents is 1. The molecule has 3 aromatic rings. The third-order valence-electron chi connectivity index (χ3n) is 3.91. The summed E-state index contributed by atoms with van der Waals surface area (Å²) < 4.78 is 4.98. The van der Waals surface area contributed by atoms with Crippen LogP contribution >= 0.6 is 0 Å². The Balaban J connectivity index is 1.67. The van der Waals surface area contributed by atoms with Gasteiger partial charge in [-0.05, 0) is 29.8 Å². The van der Waals surface area contributed by atoms with Gasteiger partial charge in [-0.2, -0.15) is 0 Å². The number of oxazole rings is 1. The van der Waals surface area contributed by atoms with Crippen LogP contribution < -0.4 is 5.76 Å². The van der Waals surface area contributed by atoms with Crippen LogP contribution in [0.2, 0.25) is 0 Å². The van der Waals surface area contributed by atoms with Crippen molar-refractivity contribution in [3.8, 4) is 5.75 Å². The van der Waals surface area contributed by atoms with Crippen molar-refractivity contribution in [3.05, 3.63) is 63.6 Å². The summed E-state index contributed by atoms with van der Waals surface area (Å²) in [7, 11) is 0. The van der Waals surface area contributed by atoms with E-state index in [1.807, 2.05) is 6.07 Å². The Bertz CT molecular complexity index is 954. The van der Waals surface area contributed by atoms with E-state index in [1.54, 1.807) is 35.2 Å². The number of hydrogen-bond donors (Lipinski definition) is 2. The largest absolute Gasteiger partial charge is 0.508 e. The minimum atomic E-state index is -0.543. The number of carbonyl (C=O) groups excluding carboxylic acids is 1. The van der Waals surface area contributed by atoms with E-state index in [2.05, 4.69) is 4.98 Å². The monoisotopic (exact) mass is 296 g/mol. The number of aromatic nitrogens is 1. The minimum absolute atomic E-state index is 0.165. The van der Waals surface area contributed by atoms with E-state index >= 15 is 0 Å². The lowest BCUT2D eigenvalue weighted by molar-refractivity contribution is 0.0751. The van der Waals surface area contributed by atoms with Crippen LogP contribution in [-0.2, 0) is 13.1 Å². The molecular weight excluding hydrogens is 284 g/mol. The highest BCUT2D eigenvalue weighted by Gasteiger charge is 2.26. The molecule has 0 saturated carbocycles. The van der Waals surface area contributed by atoms with Gasteiger partial charge < -0.3 is 14.4 Å². The van der Waals surface area contributed by atoms with Crippen LogP contribution in [0.5, 0.6) is 5.75 Å². The van der Waals surface area contributed by atoms with Gasteiger partial charge in [0.25, 0.3) is 5.91 Å². The number of aromatic hydroxyl groups is 1. The molecule has 6 heteroatoms. The van der Waals surface area contributed by atoms with Crippen LogP contribution in [0.1, 0.15) is 21.5 Å². The van der Waals surface area contributed by atoms with Crippen molar-refractivity contribution in [1.29, 1.82) is 0 Å². The molecule has 6 nitrogen and oxygen atoms in total. The zero-order valence-electron chi connectivity index (χ0n) is 11.5. The molecule has 1 aliphatic rings. The fourth-order valence-corrected chi connectivity index (χ4v) is 2.81. The van der Waals surface area contributed by atoms with E-state index in [0.29, 0.717) is 29.8 Å². The first-order valence-corrected chi connectivity index (χ1v) is 6.84. The van der Waals surface area contributed by atoms with E-state index in [1.165, 1.54) is 0 Å². The number of H-pyrrole nitrogens is 1. The highest BCUT2D eigenvalue weighted by atomic mass is 16.4. The third-order valence-corrected chi connectivity index (χ3v) is 3.91. The predicted molar refractivity (Wildman–Crippen MR) is 78.5 cm³/mol. The number of benzene rings is 2. The number of rotatable bonds is 1. The Morgan fingerprint density at radius 1 is 1.23 bits per heavy atom. The number of aromatic amines is 1. The van der Waals surface area contributed by atoms with Gasteiger partial charge in [-0.25, -0.2) is 4.79 Å². The summed E-state index contributed by atoms with van der Waals surface area (Å²) in [6.07, 6.45) is 0. The normalized spacial score (nSPS) is 13.5. The van der Waals surface area contributed by atoms with Crippen LogP contribution in [-0.4, -0.2) is 20.9 Å². The highest BCUT2D eigenvalue weighted by Crippen LogP contribution is 2.31. The van der Waals surface area contributed by atoms with E-state index < -0.39 is 5.76 Å². The van der Waals surface area contributed by atoms with Crippen molar-refractivity contribution >= 4 is 17.0 Å². The lowest BCUT2D eigenvalue weighted by Crippen LogP contribution is -2.25. The fourth-order valence-electron chi connectivity index (χ4n) is 2.81. The van der Waals surface area contributed by atoms with Crippen molar-refractivity contribution in [2.24, 2.45) is 0 Å². The predicted octanol–water partition coefficient (Wildman–Crippen LogP) is 1.98. The van der Waals surface area contributed by atoms with Gasteiger partial charge in [-0.3, -0.25) is 9.78 Å². The average molecular weight is 296 g/mol. The second-order valence-corrected chi connectivity index (χ2v) is 5.30. The molecule has 4 rings (SSSR count). The van der Waals surface area contributed by atoms with Crippen molar-refractivity contribution in [1.82, 2.24) is 9.88 Å². The van der Waals surface area contributed by atoms with Crippen molar-refractivity contribution in [3.63, 3.8) is 0 Å². The van der Waals surface area contributed by atoms with Crippen LogP contribution in [0.4, 0.5) is 0 Å². The molecule has 2 aromatic carbocycles. The minimum Gasteiger partial charge on any atom is -0.508 e. The smallest absolute Gasteiger partial charge is 0.417 e. The quantitative estimate of drug-likeness (QED) is 0.719. The van der Waals surface area contributed by atoms with Gasteiger partial charge in [0.05, 0.1) is 12.1 Å². The van der Waals surface area contributed by atoms with Gasteiger partial charge >= 0.3 is 5.76 Å². The first-order chi connectivity index (χ1) is 10.6. The molecular formula is C16H12N2O4. The maximum atomic E-state index is 12.6. The van der Waals surface area contributed by atoms with Gasteiger partial charge in [0.1, 0.15) is 5.75 Å². The molecule has 2 N–H and O–H groups in total. The van der Waals surface area contributed by atoms with E-state index in [9.17, 15) is 14.7 Å². The zero-order chi connectivity index (χ0) is 15.3. The molecule has 22 heavy (non-hydrogen) atoms. The summed E-state index contributed by atoms with van der Waals surface area (Å²) in [6, 6.07) is 10.1. The maximum absolute atomic E-state index is 12.6. The van der Waals surface area contributed by atoms with Gasteiger partial charge in [-0.1, -0.05) is 12.1 Å². The van der Waals surface area contributed by atoms with E-state index in [0.717, 1.165) is 11.1 Å². The molecule has 1 amide bonds. The highest BCUT2D eigenvalue weighted by molar-refractivity contribution is 5.97. The van der Waals surface area contributed by atoms with Crippen LogP contribution in [0.3, 0.4) is 0 Å². The molecule has 0 spiro atoms. The Kier molecular flexibility index (Phi) is 2.59. The second kappa shape index (κ2) is 4.49. The molecule has 0 bridgehead atoms. The van der Waals surface area contributed by atoms with Crippen molar-refractivity contribution in [2.45, 2.75) is 13.1 Å². The maximum Gasteiger partial charge on any atom is 0.417 e. The van der Waals surface area contributed by atoms with E-state index in [-0.39, 0.29) is 11.7 Å². The first-order valence-electron chi connectivity index (χ1n) is 6.84. The molecule has 0 unspecified atom stereocenters. The summed E-state index contributed by atoms with van der Waals surface area (Å²) in [5.74, 6) is -0.501. The number of fused-ring (bicyclic) bond motifs is 2. The fraction of sp³-hybridized carbons (Fsp3) is 0.125. The van der Waals surface area contributed by atoms with Crippen molar-refractivity contribution in [2.75, 3.05) is 0 Å². The van der Waals surface area contributed by atoms with E-state index in [4.69, 9.17) is 4.42 Å². The van der Waals surface area contributed by atoms with Gasteiger partial charge in [-0.15, -0.1) is 0 Å². The van der Waals surface area contributed by atoms with Crippen LogP contribution in [0.15, 0.2) is 45.6 Å². The van der Waals surface area contributed by atoms with Gasteiger partial charge in [0.15, 0.2) is 5.58 Å². The Labute approximate surface area is 124 Å².